The highest BCUT2D eigenvalue weighted by molar-refractivity contribution is 8.53. The Balaban J connectivity index is 1.98. The molecule has 12 heavy (non-hydrogen) atoms. The summed E-state index contributed by atoms with van der Waals surface area (Å²) in [7, 11) is 0. The van der Waals surface area contributed by atoms with Crippen LogP contribution in [0.3, 0.4) is 0 Å². The summed E-state index contributed by atoms with van der Waals surface area (Å²) in [5, 5.41) is 0. The minimum absolute atomic E-state index is 0.534. The van der Waals surface area contributed by atoms with Crippen LogP contribution in [0.1, 0.15) is 20.3 Å². The lowest BCUT2D eigenvalue weighted by atomic mass is 10.2. The molecule has 0 amide bonds. The molecule has 0 radical (unpaired) electrons. The lowest BCUT2D eigenvalue weighted by molar-refractivity contribution is 0.710. The van der Waals surface area contributed by atoms with Crippen LogP contribution in [0.5, 0.6) is 0 Å². The van der Waals surface area contributed by atoms with Crippen molar-refractivity contribution in [3.8, 4) is 0 Å². The summed E-state index contributed by atoms with van der Waals surface area (Å²) < 4.78 is 2.71. The van der Waals surface area contributed by atoms with Gasteiger partial charge in [-0.05, 0) is 20.3 Å². The fourth-order valence-corrected chi connectivity index (χ4v) is 17.1. The van der Waals surface area contributed by atoms with Crippen molar-refractivity contribution in [2.75, 3.05) is 0 Å². The molecule has 68 valence electrons. The highest BCUT2D eigenvalue weighted by Crippen LogP contribution is 2.76. The molecule has 4 fully saturated rings. The molecule has 0 saturated carbocycles. The minimum Gasteiger partial charge on any atom is -0.119 e. The van der Waals surface area contributed by atoms with Crippen LogP contribution in [0.25, 0.3) is 0 Å². The summed E-state index contributed by atoms with van der Waals surface area (Å²) in [5.41, 5.74) is 0. The maximum atomic E-state index is 2.43. The Morgan fingerprint density at radius 3 is 1.67 bits per heavy atom. The van der Waals surface area contributed by atoms with E-state index in [1.54, 1.807) is 0 Å². The van der Waals surface area contributed by atoms with E-state index in [0.29, 0.717) is 8.16 Å². The van der Waals surface area contributed by atoms with E-state index in [9.17, 15) is 0 Å². The van der Waals surface area contributed by atoms with Crippen LogP contribution >= 0.6 is 58.8 Å². The van der Waals surface area contributed by atoms with E-state index in [1.807, 2.05) is 0 Å². The van der Waals surface area contributed by atoms with Crippen molar-refractivity contribution in [3.05, 3.63) is 0 Å². The maximum Gasteiger partial charge on any atom is 0.100 e. The van der Waals surface area contributed by atoms with E-state index in [-0.39, 0.29) is 0 Å². The molecule has 0 aliphatic carbocycles. The molecule has 4 bridgehead atoms. The molecule has 0 aromatic heterocycles. The zero-order valence-electron chi connectivity index (χ0n) is 6.90. The smallest absolute Gasteiger partial charge is 0.100 e. The maximum absolute atomic E-state index is 2.43. The van der Waals surface area contributed by atoms with Crippen LogP contribution < -0.4 is 0 Å². The summed E-state index contributed by atoms with van der Waals surface area (Å²) in [6, 6.07) is 0. The first-order valence-corrected chi connectivity index (χ1v) is 8.40. The van der Waals surface area contributed by atoms with E-state index >= 15 is 0 Å². The van der Waals surface area contributed by atoms with Gasteiger partial charge in [-0.1, -0.05) is 0 Å². The van der Waals surface area contributed by atoms with Gasteiger partial charge in [-0.3, -0.25) is 0 Å². The summed E-state index contributed by atoms with van der Waals surface area (Å²) in [5.74, 6) is 0. The number of hydrogen-bond donors (Lipinski definition) is 0. The molecule has 0 spiro atoms. The molecule has 0 atom stereocenters. The molecule has 0 aromatic rings. The molecule has 4 aliphatic heterocycles. The highest BCUT2D eigenvalue weighted by Gasteiger charge is 2.57. The van der Waals surface area contributed by atoms with Crippen LogP contribution in [0, 0.1) is 0 Å². The number of thioether (sulfide) groups is 5. The van der Waals surface area contributed by atoms with Gasteiger partial charge in [0.25, 0.3) is 0 Å². The van der Waals surface area contributed by atoms with Crippen molar-refractivity contribution >= 4 is 58.8 Å². The third-order valence-corrected chi connectivity index (χ3v) is 10.8. The van der Waals surface area contributed by atoms with Gasteiger partial charge in [0.1, 0.15) is 7.83 Å². The zero-order chi connectivity index (χ0) is 8.40. The summed E-state index contributed by atoms with van der Waals surface area (Å²) in [6.07, 6.45) is 1.37. The quantitative estimate of drug-likeness (QED) is 0.637. The second-order valence-corrected chi connectivity index (χ2v) is 13.6. The molecule has 4 saturated heterocycles. The van der Waals surface area contributed by atoms with Gasteiger partial charge in [-0.15, -0.1) is 58.8 Å². The largest absolute Gasteiger partial charge is 0.119 e. The summed E-state index contributed by atoms with van der Waals surface area (Å²) >= 11 is 10.9. The SMILES string of the molecule is CC12CC3(C)SC(SC(S1)S3)S2. The molecule has 4 rings (SSSR count). The molecule has 0 unspecified atom stereocenters. The average Bonchev–Trinajstić information content (AvgIpc) is 1.75. The second-order valence-electron chi connectivity index (χ2n) is 3.63. The van der Waals surface area contributed by atoms with E-state index in [4.69, 9.17) is 0 Å². The van der Waals surface area contributed by atoms with Gasteiger partial charge in [0.05, 0.1) is 8.16 Å². The molecule has 5 heteroatoms. The molecular formula is C7H10S5. The number of hydrogen-bond acceptors (Lipinski definition) is 5. The first-order valence-electron chi connectivity index (χ1n) is 3.94. The molecular weight excluding hydrogens is 244 g/mol. The van der Waals surface area contributed by atoms with Crippen LogP contribution in [-0.2, 0) is 0 Å². The fraction of sp³-hybridized carbons (Fsp3) is 1.00. The van der Waals surface area contributed by atoms with Crippen molar-refractivity contribution in [1.82, 2.24) is 0 Å². The normalized spacial score (nSPS) is 62.5. The van der Waals surface area contributed by atoms with Gasteiger partial charge in [0.2, 0.25) is 0 Å². The molecule has 0 aromatic carbocycles. The molecule has 0 nitrogen and oxygen atoms in total. The van der Waals surface area contributed by atoms with Crippen LogP contribution in [-0.4, -0.2) is 16.0 Å². The van der Waals surface area contributed by atoms with Gasteiger partial charge in [0.15, 0.2) is 0 Å². The Kier molecular flexibility index (Phi) is 1.99. The summed E-state index contributed by atoms with van der Waals surface area (Å²) in [6.45, 7) is 4.86. The summed E-state index contributed by atoms with van der Waals surface area (Å²) in [4.78, 5) is 0. The van der Waals surface area contributed by atoms with E-state index in [1.165, 1.54) is 6.42 Å². The number of rotatable bonds is 0. The van der Waals surface area contributed by atoms with Gasteiger partial charge >= 0.3 is 0 Å². The predicted molar refractivity (Wildman–Crippen MR) is 67.0 cm³/mol. The Bertz CT molecular complexity index is 194. The Morgan fingerprint density at radius 2 is 1.33 bits per heavy atom. The first-order chi connectivity index (χ1) is 5.57. The second kappa shape index (κ2) is 2.65. The standard InChI is InChI=1S/C7H10S5/c1-6-3-7(2)11-4(9-6)8-5(10-6)12-7/h4-5H,3H2,1-2H3. The predicted octanol–water partition coefficient (Wildman–Crippen LogP) is 4.08. The third kappa shape index (κ3) is 1.35. The van der Waals surface area contributed by atoms with Crippen molar-refractivity contribution < 1.29 is 0 Å². The molecule has 0 N–H and O–H groups in total. The average molecular weight is 254 g/mol. The zero-order valence-corrected chi connectivity index (χ0v) is 11.0. The van der Waals surface area contributed by atoms with Gasteiger partial charge in [-0.2, -0.15) is 0 Å². The van der Waals surface area contributed by atoms with E-state index in [0.717, 1.165) is 7.83 Å². The van der Waals surface area contributed by atoms with E-state index in [2.05, 4.69) is 72.7 Å². The highest BCUT2D eigenvalue weighted by atomic mass is 32.3. The topological polar surface area (TPSA) is 0 Å². The van der Waals surface area contributed by atoms with E-state index < -0.39 is 0 Å². The van der Waals surface area contributed by atoms with Crippen molar-refractivity contribution in [2.45, 2.75) is 36.3 Å². The molecule has 4 aliphatic rings. The lowest BCUT2D eigenvalue weighted by Crippen LogP contribution is -2.45. The third-order valence-electron chi connectivity index (χ3n) is 2.25. The van der Waals surface area contributed by atoms with Crippen LogP contribution in [0.15, 0.2) is 0 Å². The van der Waals surface area contributed by atoms with Gasteiger partial charge in [-0.25, -0.2) is 0 Å². The van der Waals surface area contributed by atoms with Crippen molar-refractivity contribution in [1.29, 1.82) is 0 Å². The lowest BCUT2D eigenvalue weighted by Gasteiger charge is -2.57. The van der Waals surface area contributed by atoms with Crippen LogP contribution in [0.2, 0.25) is 0 Å². The Labute approximate surface area is 94.5 Å². The first kappa shape index (κ1) is 9.01. The molecule has 4 heterocycles. The Hall–Kier alpha value is 1.75. The van der Waals surface area contributed by atoms with Crippen molar-refractivity contribution in [2.24, 2.45) is 0 Å². The monoisotopic (exact) mass is 254 g/mol. The van der Waals surface area contributed by atoms with Crippen molar-refractivity contribution in [3.63, 3.8) is 0 Å². The Morgan fingerprint density at radius 1 is 0.917 bits per heavy atom. The fourth-order valence-electron chi connectivity index (χ4n) is 1.87. The van der Waals surface area contributed by atoms with Gasteiger partial charge < -0.3 is 0 Å². The minimum atomic E-state index is 0.534. The van der Waals surface area contributed by atoms with Gasteiger partial charge in [0, 0.05) is 0 Å². The van der Waals surface area contributed by atoms with Crippen LogP contribution in [0.4, 0.5) is 0 Å².